The van der Waals surface area contributed by atoms with Crippen molar-refractivity contribution in [3.8, 4) is 0 Å². The quantitative estimate of drug-likeness (QED) is 0.572. The first-order chi connectivity index (χ1) is 6.11. The van der Waals surface area contributed by atoms with Crippen molar-refractivity contribution in [3.05, 3.63) is 11.6 Å². The molecule has 0 aromatic rings. The lowest BCUT2D eigenvalue weighted by atomic mass is 9.96. The Morgan fingerprint density at radius 2 is 2.00 bits per heavy atom. The van der Waals surface area contributed by atoms with Crippen LogP contribution in [0.2, 0.25) is 0 Å². The zero-order valence-corrected chi connectivity index (χ0v) is 9.39. The van der Waals surface area contributed by atoms with Crippen LogP contribution in [-0.2, 0) is 4.79 Å². The number of rotatable bonds is 6. The molecule has 1 atom stereocenters. The zero-order chi connectivity index (χ0) is 10.3. The van der Waals surface area contributed by atoms with Crippen molar-refractivity contribution in [2.24, 2.45) is 5.92 Å². The number of carbonyl (C=O) groups excluding carboxylic acids is 1. The average Bonchev–Trinajstić information content (AvgIpc) is 2.13. The van der Waals surface area contributed by atoms with Crippen molar-refractivity contribution in [1.82, 2.24) is 0 Å². The second-order valence-corrected chi connectivity index (χ2v) is 3.72. The van der Waals surface area contributed by atoms with E-state index in [9.17, 15) is 4.79 Å². The molecular weight excluding hydrogens is 160 g/mol. The van der Waals surface area contributed by atoms with Gasteiger partial charge in [-0.1, -0.05) is 32.4 Å². The summed E-state index contributed by atoms with van der Waals surface area (Å²) in [4.78, 5) is 11.3. The molecule has 0 heterocycles. The molecule has 0 saturated carbocycles. The van der Waals surface area contributed by atoms with Gasteiger partial charge in [-0.3, -0.25) is 4.79 Å². The van der Waals surface area contributed by atoms with Crippen LogP contribution in [0.3, 0.4) is 0 Å². The molecule has 0 N–H and O–H groups in total. The first kappa shape index (κ1) is 12.4. The van der Waals surface area contributed by atoms with Gasteiger partial charge in [0.1, 0.15) is 5.78 Å². The van der Waals surface area contributed by atoms with Gasteiger partial charge < -0.3 is 0 Å². The van der Waals surface area contributed by atoms with Crippen molar-refractivity contribution in [1.29, 1.82) is 0 Å². The van der Waals surface area contributed by atoms with Crippen LogP contribution in [-0.4, -0.2) is 5.78 Å². The molecular formula is C12H22O. The third-order valence-electron chi connectivity index (χ3n) is 2.42. The van der Waals surface area contributed by atoms with Crippen LogP contribution in [0.25, 0.3) is 0 Å². The summed E-state index contributed by atoms with van der Waals surface area (Å²) in [6, 6.07) is 0. The Kier molecular flexibility index (Phi) is 6.56. The van der Waals surface area contributed by atoms with E-state index in [-0.39, 0.29) is 5.92 Å². The summed E-state index contributed by atoms with van der Waals surface area (Å²) in [5.74, 6) is 0.634. The van der Waals surface area contributed by atoms with E-state index in [2.05, 4.69) is 19.9 Å². The van der Waals surface area contributed by atoms with E-state index in [0.29, 0.717) is 12.2 Å². The van der Waals surface area contributed by atoms with Gasteiger partial charge in [0.2, 0.25) is 0 Å². The second kappa shape index (κ2) is 6.88. The van der Waals surface area contributed by atoms with Gasteiger partial charge in [0, 0.05) is 12.3 Å². The van der Waals surface area contributed by atoms with Crippen LogP contribution in [0.5, 0.6) is 0 Å². The van der Waals surface area contributed by atoms with Crippen molar-refractivity contribution >= 4 is 5.78 Å². The highest BCUT2D eigenvalue weighted by Gasteiger charge is 2.09. The summed E-state index contributed by atoms with van der Waals surface area (Å²) in [6.07, 6.45) is 6.10. The molecule has 0 rings (SSSR count). The minimum absolute atomic E-state index is 0.241. The summed E-state index contributed by atoms with van der Waals surface area (Å²) in [6.45, 7) is 8.26. The fraction of sp³-hybridized carbons (Fsp3) is 0.750. The maximum absolute atomic E-state index is 11.3. The lowest BCUT2D eigenvalue weighted by Crippen LogP contribution is -2.09. The Labute approximate surface area is 82.2 Å². The molecule has 0 aliphatic rings. The Morgan fingerprint density at radius 3 is 2.46 bits per heavy atom. The van der Waals surface area contributed by atoms with Crippen LogP contribution in [0, 0.1) is 5.92 Å². The first-order valence-corrected chi connectivity index (χ1v) is 5.30. The zero-order valence-electron chi connectivity index (χ0n) is 9.39. The molecule has 76 valence electrons. The van der Waals surface area contributed by atoms with Crippen LogP contribution < -0.4 is 0 Å². The summed E-state index contributed by atoms with van der Waals surface area (Å²) >= 11 is 0. The Hall–Kier alpha value is -0.590. The van der Waals surface area contributed by atoms with Crippen molar-refractivity contribution in [2.75, 3.05) is 0 Å². The Morgan fingerprint density at radius 1 is 1.38 bits per heavy atom. The standard InChI is InChI=1S/C12H22O/c1-5-7-10(3)8-9-11(4)12(13)6-2/h7,11H,5-6,8-9H2,1-4H3/b10-7+. The van der Waals surface area contributed by atoms with E-state index in [1.54, 1.807) is 0 Å². The summed E-state index contributed by atoms with van der Waals surface area (Å²) < 4.78 is 0. The van der Waals surface area contributed by atoms with Crippen LogP contribution >= 0.6 is 0 Å². The topological polar surface area (TPSA) is 17.1 Å². The molecule has 0 aromatic carbocycles. The monoisotopic (exact) mass is 182 g/mol. The van der Waals surface area contributed by atoms with Crippen LogP contribution in [0.15, 0.2) is 11.6 Å². The molecule has 0 bridgehead atoms. The van der Waals surface area contributed by atoms with E-state index < -0.39 is 0 Å². The van der Waals surface area contributed by atoms with Crippen molar-refractivity contribution < 1.29 is 4.79 Å². The summed E-state index contributed by atoms with van der Waals surface area (Å²) in [7, 11) is 0. The maximum atomic E-state index is 11.3. The minimum atomic E-state index is 0.241. The number of Topliss-reactive ketones (excluding diaryl/α,β-unsaturated/α-hetero) is 1. The molecule has 0 aliphatic carbocycles. The largest absolute Gasteiger partial charge is 0.299 e. The molecule has 0 spiro atoms. The second-order valence-electron chi connectivity index (χ2n) is 3.72. The molecule has 0 fully saturated rings. The average molecular weight is 182 g/mol. The van der Waals surface area contributed by atoms with Gasteiger partial charge in [0.25, 0.3) is 0 Å². The van der Waals surface area contributed by atoms with Crippen LogP contribution in [0.4, 0.5) is 0 Å². The van der Waals surface area contributed by atoms with E-state index in [1.807, 2.05) is 13.8 Å². The third-order valence-corrected chi connectivity index (χ3v) is 2.42. The molecule has 13 heavy (non-hydrogen) atoms. The molecule has 0 aliphatic heterocycles. The van der Waals surface area contributed by atoms with Crippen molar-refractivity contribution in [3.63, 3.8) is 0 Å². The normalized spacial score (nSPS) is 14.3. The van der Waals surface area contributed by atoms with Gasteiger partial charge in [-0.05, 0) is 26.2 Å². The molecule has 0 radical (unpaired) electrons. The molecule has 1 unspecified atom stereocenters. The predicted octanol–water partition coefficient (Wildman–Crippen LogP) is 3.74. The highest BCUT2D eigenvalue weighted by molar-refractivity contribution is 5.80. The van der Waals surface area contributed by atoms with Crippen LogP contribution in [0.1, 0.15) is 53.4 Å². The number of hydrogen-bond donors (Lipinski definition) is 0. The SMILES string of the molecule is CC/C=C(\C)CCC(C)C(=O)CC. The number of carbonyl (C=O) groups is 1. The lowest BCUT2D eigenvalue weighted by Gasteiger charge is -2.08. The Bertz CT molecular complexity index is 180. The number of ketones is 1. The van der Waals surface area contributed by atoms with Gasteiger partial charge >= 0.3 is 0 Å². The molecule has 1 nitrogen and oxygen atoms in total. The summed E-state index contributed by atoms with van der Waals surface area (Å²) in [5, 5.41) is 0. The summed E-state index contributed by atoms with van der Waals surface area (Å²) in [5.41, 5.74) is 1.42. The number of hydrogen-bond acceptors (Lipinski definition) is 1. The minimum Gasteiger partial charge on any atom is -0.299 e. The maximum Gasteiger partial charge on any atom is 0.135 e. The van der Waals surface area contributed by atoms with Gasteiger partial charge in [0.05, 0.1) is 0 Å². The fourth-order valence-corrected chi connectivity index (χ4v) is 1.40. The molecule has 0 saturated heterocycles. The van der Waals surface area contributed by atoms with Gasteiger partial charge in [0.15, 0.2) is 0 Å². The van der Waals surface area contributed by atoms with Gasteiger partial charge in [-0.2, -0.15) is 0 Å². The first-order valence-electron chi connectivity index (χ1n) is 5.30. The van der Waals surface area contributed by atoms with E-state index in [1.165, 1.54) is 5.57 Å². The molecule has 0 amide bonds. The highest BCUT2D eigenvalue weighted by atomic mass is 16.1. The number of allylic oxidation sites excluding steroid dienone is 2. The molecule has 1 heteroatoms. The van der Waals surface area contributed by atoms with E-state index in [4.69, 9.17) is 0 Å². The highest BCUT2D eigenvalue weighted by Crippen LogP contribution is 2.13. The van der Waals surface area contributed by atoms with Gasteiger partial charge in [-0.25, -0.2) is 0 Å². The predicted molar refractivity (Wildman–Crippen MR) is 57.7 cm³/mol. The third kappa shape index (κ3) is 5.62. The Balaban J connectivity index is 3.75. The molecule has 0 aromatic heterocycles. The van der Waals surface area contributed by atoms with E-state index in [0.717, 1.165) is 19.3 Å². The smallest absolute Gasteiger partial charge is 0.135 e. The van der Waals surface area contributed by atoms with E-state index >= 15 is 0 Å². The van der Waals surface area contributed by atoms with Gasteiger partial charge in [-0.15, -0.1) is 0 Å². The lowest BCUT2D eigenvalue weighted by molar-refractivity contribution is -0.122. The van der Waals surface area contributed by atoms with Crippen molar-refractivity contribution in [2.45, 2.75) is 53.4 Å². The fourth-order valence-electron chi connectivity index (χ4n) is 1.40.